The van der Waals surface area contributed by atoms with Gasteiger partial charge in [0.25, 0.3) is 0 Å². The van der Waals surface area contributed by atoms with Gasteiger partial charge in [-0.15, -0.1) is 11.8 Å². The second-order valence-electron chi connectivity index (χ2n) is 4.69. The lowest BCUT2D eigenvalue weighted by molar-refractivity contribution is -0.136. The summed E-state index contributed by atoms with van der Waals surface area (Å²) in [6, 6.07) is 12.8. The first-order valence-electron chi connectivity index (χ1n) is 6.36. The molecule has 0 aliphatic rings. The van der Waals surface area contributed by atoms with Crippen molar-refractivity contribution in [1.29, 1.82) is 0 Å². The summed E-state index contributed by atoms with van der Waals surface area (Å²) in [5.41, 5.74) is 1.90. The molecule has 0 saturated carbocycles. The van der Waals surface area contributed by atoms with Crippen LogP contribution < -0.4 is 0 Å². The standard InChI is InChI=1S/C16H14Cl2O2S/c1-10-2-3-11(8-14(10)18)9-15(16(19)20)21-13-6-4-12(17)5-7-13/h2-8,15H,9H2,1H3,(H,19,20)/t15-/m1/s1. The van der Waals surface area contributed by atoms with Crippen LogP contribution in [0.5, 0.6) is 0 Å². The number of carbonyl (C=O) groups is 1. The molecule has 0 aliphatic heterocycles. The third-order valence-electron chi connectivity index (χ3n) is 3.02. The van der Waals surface area contributed by atoms with Crippen LogP contribution in [0, 0.1) is 6.92 Å². The Balaban J connectivity index is 2.13. The molecule has 0 heterocycles. The average molecular weight is 341 g/mol. The van der Waals surface area contributed by atoms with Gasteiger partial charge < -0.3 is 5.11 Å². The number of carboxylic acid groups (broad SMARTS) is 1. The van der Waals surface area contributed by atoms with E-state index in [-0.39, 0.29) is 0 Å². The summed E-state index contributed by atoms with van der Waals surface area (Å²) in [7, 11) is 0. The average Bonchev–Trinajstić information content (AvgIpc) is 2.44. The van der Waals surface area contributed by atoms with Gasteiger partial charge in [0.05, 0.1) is 0 Å². The molecule has 21 heavy (non-hydrogen) atoms. The molecule has 1 N–H and O–H groups in total. The lowest BCUT2D eigenvalue weighted by atomic mass is 10.1. The van der Waals surface area contributed by atoms with Crippen molar-refractivity contribution >= 4 is 40.9 Å². The zero-order valence-electron chi connectivity index (χ0n) is 11.3. The Hall–Kier alpha value is -1.16. The van der Waals surface area contributed by atoms with Gasteiger partial charge in [0, 0.05) is 14.9 Å². The highest BCUT2D eigenvalue weighted by Gasteiger charge is 2.19. The number of aliphatic carboxylic acids is 1. The first kappa shape index (κ1) is 16.2. The second-order valence-corrected chi connectivity index (χ2v) is 6.81. The number of hydrogen-bond donors (Lipinski definition) is 1. The van der Waals surface area contributed by atoms with Gasteiger partial charge >= 0.3 is 5.97 Å². The zero-order chi connectivity index (χ0) is 15.4. The van der Waals surface area contributed by atoms with E-state index in [9.17, 15) is 9.90 Å². The van der Waals surface area contributed by atoms with E-state index in [2.05, 4.69) is 0 Å². The van der Waals surface area contributed by atoms with Crippen LogP contribution in [0.1, 0.15) is 11.1 Å². The Bertz CT molecular complexity index is 641. The molecule has 0 saturated heterocycles. The van der Waals surface area contributed by atoms with Gasteiger partial charge in [0.1, 0.15) is 5.25 Å². The van der Waals surface area contributed by atoms with Crippen molar-refractivity contribution in [1.82, 2.24) is 0 Å². The number of rotatable bonds is 5. The Labute approximate surface area is 138 Å². The first-order chi connectivity index (χ1) is 9.95. The van der Waals surface area contributed by atoms with Crippen molar-refractivity contribution in [2.45, 2.75) is 23.5 Å². The Morgan fingerprint density at radius 2 is 1.86 bits per heavy atom. The van der Waals surface area contributed by atoms with Gasteiger partial charge in [-0.2, -0.15) is 0 Å². The van der Waals surface area contributed by atoms with Crippen molar-refractivity contribution < 1.29 is 9.90 Å². The molecule has 0 unspecified atom stereocenters. The van der Waals surface area contributed by atoms with Gasteiger partial charge in [-0.3, -0.25) is 4.79 Å². The number of hydrogen-bond acceptors (Lipinski definition) is 2. The molecule has 2 aromatic rings. The highest BCUT2D eigenvalue weighted by atomic mass is 35.5. The van der Waals surface area contributed by atoms with Gasteiger partial charge in [-0.25, -0.2) is 0 Å². The number of thioether (sulfide) groups is 1. The van der Waals surface area contributed by atoms with E-state index >= 15 is 0 Å². The van der Waals surface area contributed by atoms with E-state index in [4.69, 9.17) is 23.2 Å². The van der Waals surface area contributed by atoms with Crippen molar-refractivity contribution in [3.8, 4) is 0 Å². The molecule has 0 radical (unpaired) electrons. The zero-order valence-corrected chi connectivity index (χ0v) is 13.7. The fourth-order valence-corrected chi connectivity index (χ4v) is 3.16. The molecule has 110 valence electrons. The monoisotopic (exact) mass is 340 g/mol. The predicted molar refractivity (Wildman–Crippen MR) is 88.6 cm³/mol. The van der Waals surface area contributed by atoms with Crippen LogP contribution in [-0.2, 0) is 11.2 Å². The summed E-state index contributed by atoms with van der Waals surface area (Å²) in [5.74, 6) is -0.841. The number of aryl methyl sites for hydroxylation is 1. The maximum atomic E-state index is 11.4. The lowest BCUT2D eigenvalue weighted by Gasteiger charge is -2.13. The molecule has 0 amide bonds. The molecule has 0 aromatic heterocycles. The summed E-state index contributed by atoms with van der Waals surface area (Å²) in [6.07, 6.45) is 0.419. The largest absolute Gasteiger partial charge is 0.480 e. The summed E-state index contributed by atoms with van der Waals surface area (Å²) in [6.45, 7) is 1.92. The summed E-state index contributed by atoms with van der Waals surface area (Å²) < 4.78 is 0. The van der Waals surface area contributed by atoms with E-state index in [0.29, 0.717) is 16.5 Å². The molecule has 2 rings (SSSR count). The van der Waals surface area contributed by atoms with Crippen LogP contribution in [0.3, 0.4) is 0 Å². The van der Waals surface area contributed by atoms with Gasteiger partial charge in [-0.1, -0.05) is 35.3 Å². The van der Waals surface area contributed by atoms with Crippen molar-refractivity contribution in [2.24, 2.45) is 0 Å². The van der Waals surface area contributed by atoms with Crippen molar-refractivity contribution in [2.75, 3.05) is 0 Å². The van der Waals surface area contributed by atoms with E-state index < -0.39 is 11.2 Å². The molecule has 1 atom stereocenters. The van der Waals surface area contributed by atoms with Crippen LogP contribution in [0.25, 0.3) is 0 Å². The molecular weight excluding hydrogens is 327 g/mol. The molecular formula is C16H14Cl2O2S. The molecule has 0 bridgehead atoms. The highest BCUT2D eigenvalue weighted by molar-refractivity contribution is 8.00. The third kappa shape index (κ3) is 4.67. The normalized spacial score (nSPS) is 12.1. The Kier molecular flexibility index (Phi) is 5.57. The van der Waals surface area contributed by atoms with E-state index in [1.165, 1.54) is 11.8 Å². The van der Waals surface area contributed by atoms with Crippen LogP contribution >= 0.6 is 35.0 Å². The number of carboxylic acids is 1. The maximum Gasteiger partial charge on any atom is 0.317 e. The topological polar surface area (TPSA) is 37.3 Å². The van der Waals surface area contributed by atoms with Crippen LogP contribution in [0.2, 0.25) is 10.0 Å². The molecule has 0 spiro atoms. The molecule has 5 heteroatoms. The van der Waals surface area contributed by atoms with Crippen molar-refractivity contribution in [3.63, 3.8) is 0 Å². The smallest absolute Gasteiger partial charge is 0.317 e. The molecule has 2 aromatic carbocycles. The first-order valence-corrected chi connectivity index (χ1v) is 7.99. The van der Waals surface area contributed by atoms with E-state index in [1.54, 1.807) is 12.1 Å². The van der Waals surface area contributed by atoms with Gasteiger partial charge in [-0.05, 0) is 54.8 Å². The van der Waals surface area contributed by atoms with Crippen molar-refractivity contribution in [3.05, 3.63) is 63.6 Å². The molecule has 0 fully saturated rings. The number of benzene rings is 2. The lowest BCUT2D eigenvalue weighted by Crippen LogP contribution is -2.19. The third-order valence-corrected chi connectivity index (χ3v) is 4.88. The Morgan fingerprint density at radius 3 is 2.43 bits per heavy atom. The van der Waals surface area contributed by atoms with Crippen LogP contribution in [-0.4, -0.2) is 16.3 Å². The summed E-state index contributed by atoms with van der Waals surface area (Å²) >= 11 is 13.2. The highest BCUT2D eigenvalue weighted by Crippen LogP contribution is 2.28. The van der Waals surface area contributed by atoms with Gasteiger partial charge in [0.2, 0.25) is 0 Å². The SMILES string of the molecule is Cc1ccc(C[C@@H](Sc2ccc(Cl)cc2)C(=O)O)cc1Cl. The Morgan fingerprint density at radius 1 is 1.19 bits per heavy atom. The fraction of sp³-hybridized carbons (Fsp3) is 0.188. The maximum absolute atomic E-state index is 11.4. The van der Waals surface area contributed by atoms with Gasteiger partial charge in [0.15, 0.2) is 0 Å². The molecule has 0 aliphatic carbocycles. The summed E-state index contributed by atoms with van der Waals surface area (Å²) in [4.78, 5) is 12.3. The quantitative estimate of drug-likeness (QED) is 0.770. The van der Waals surface area contributed by atoms with Crippen LogP contribution in [0.4, 0.5) is 0 Å². The van der Waals surface area contributed by atoms with E-state index in [0.717, 1.165) is 16.0 Å². The second kappa shape index (κ2) is 7.21. The minimum atomic E-state index is -0.841. The number of halogens is 2. The van der Waals surface area contributed by atoms with E-state index in [1.807, 2.05) is 37.3 Å². The summed E-state index contributed by atoms with van der Waals surface area (Å²) in [5, 5.41) is 10.1. The van der Waals surface area contributed by atoms with Crippen LogP contribution in [0.15, 0.2) is 47.4 Å². The minimum absolute atomic E-state index is 0.419. The predicted octanol–water partition coefficient (Wildman–Crippen LogP) is 5.09. The fourth-order valence-electron chi connectivity index (χ4n) is 1.83. The minimum Gasteiger partial charge on any atom is -0.480 e. The molecule has 2 nitrogen and oxygen atoms in total.